The number of anilines is 1. The molecule has 0 bridgehead atoms. The van der Waals surface area contributed by atoms with Gasteiger partial charge in [0.1, 0.15) is 11.9 Å². The van der Waals surface area contributed by atoms with Gasteiger partial charge in [-0.25, -0.2) is 4.98 Å². The van der Waals surface area contributed by atoms with E-state index in [1.807, 2.05) is 25.1 Å². The molecule has 1 unspecified atom stereocenters. The molecule has 1 aromatic carbocycles. The molecule has 1 aliphatic rings. The summed E-state index contributed by atoms with van der Waals surface area (Å²) in [6.45, 7) is 4.21. The number of pyridine rings is 1. The Kier molecular flexibility index (Phi) is 2.83. The number of para-hydroxylation sites is 2. The third-order valence-electron chi connectivity index (χ3n) is 4.59. The number of fused-ring (bicyclic) bond motifs is 3. The Labute approximate surface area is 129 Å². The van der Waals surface area contributed by atoms with Crippen molar-refractivity contribution >= 4 is 22.5 Å². The first-order valence-corrected chi connectivity index (χ1v) is 7.76. The van der Waals surface area contributed by atoms with Gasteiger partial charge in [-0.3, -0.25) is 4.40 Å². The standard InChI is InChI=1S/C18H18N4/c1-11-9-17(20-12(2)13-7-8-13)22-16-6-4-3-5-15(16)21-18(22)14(11)10-19/h3-6,9,12-13,20H,7-8H2,1-2H3. The molecular formula is C18H18N4. The summed E-state index contributed by atoms with van der Waals surface area (Å²) in [7, 11) is 0. The SMILES string of the molecule is Cc1cc(NC(C)C2CC2)n2c(nc3ccccc32)c1C#N. The Morgan fingerprint density at radius 1 is 1.36 bits per heavy atom. The average Bonchev–Trinajstić information content (AvgIpc) is 3.28. The predicted octanol–water partition coefficient (Wildman–Crippen LogP) is 3.88. The van der Waals surface area contributed by atoms with Crippen LogP contribution in [-0.4, -0.2) is 15.4 Å². The van der Waals surface area contributed by atoms with E-state index in [2.05, 4.69) is 39.8 Å². The van der Waals surface area contributed by atoms with Crippen LogP contribution in [0.2, 0.25) is 0 Å². The van der Waals surface area contributed by atoms with Gasteiger partial charge in [0.15, 0.2) is 5.65 Å². The fraction of sp³-hybridized carbons (Fsp3) is 0.333. The van der Waals surface area contributed by atoms with Crippen molar-refractivity contribution < 1.29 is 0 Å². The first-order chi connectivity index (χ1) is 10.7. The van der Waals surface area contributed by atoms with Gasteiger partial charge in [-0.05, 0) is 56.4 Å². The Bertz CT molecular complexity index is 912. The maximum absolute atomic E-state index is 9.49. The van der Waals surface area contributed by atoms with Gasteiger partial charge in [0.2, 0.25) is 0 Å². The van der Waals surface area contributed by atoms with E-state index < -0.39 is 0 Å². The molecule has 2 aromatic heterocycles. The molecule has 4 nitrogen and oxygen atoms in total. The summed E-state index contributed by atoms with van der Waals surface area (Å²) in [4.78, 5) is 4.68. The number of hydrogen-bond acceptors (Lipinski definition) is 3. The second-order valence-electron chi connectivity index (χ2n) is 6.23. The minimum atomic E-state index is 0.441. The Morgan fingerprint density at radius 3 is 2.86 bits per heavy atom. The highest BCUT2D eigenvalue weighted by Crippen LogP contribution is 2.35. The Balaban J connectivity index is 2.00. The molecule has 4 heteroatoms. The number of nitriles is 1. The molecule has 1 saturated carbocycles. The number of benzene rings is 1. The first-order valence-electron chi connectivity index (χ1n) is 7.76. The third kappa shape index (κ3) is 1.93. The summed E-state index contributed by atoms with van der Waals surface area (Å²) >= 11 is 0. The fourth-order valence-electron chi connectivity index (χ4n) is 3.15. The van der Waals surface area contributed by atoms with Gasteiger partial charge < -0.3 is 5.32 Å². The molecule has 1 aliphatic carbocycles. The second kappa shape index (κ2) is 4.74. The zero-order valence-corrected chi connectivity index (χ0v) is 12.8. The van der Waals surface area contributed by atoms with E-state index in [0.717, 1.165) is 34.0 Å². The van der Waals surface area contributed by atoms with E-state index in [4.69, 9.17) is 0 Å². The number of nitrogens with zero attached hydrogens (tertiary/aromatic N) is 3. The van der Waals surface area contributed by atoms with Crippen molar-refractivity contribution in [3.05, 3.63) is 41.5 Å². The van der Waals surface area contributed by atoms with Gasteiger partial charge >= 0.3 is 0 Å². The van der Waals surface area contributed by atoms with Gasteiger partial charge in [0.05, 0.1) is 16.6 Å². The Morgan fingerprint density at radius 2 is 2.14 bits per heavy atom. The van der Waals surface area contributed by atoms with E-state index in [-0.39, 0.29) is 0 Å². The molecule has 2 heterocycles. The van der Waals surface area contributed by atoms with Crippen LogP contribution >= 0.6 is 0 Å². The minimum Gasteiger partial charge on any atom is -0.368 e. The molecule has 1 N–H and O–H groups in total. The monoisotopic (exact) mass is 290 g/mol. The molecule has 22 heavy (non-hydrogen) atoms. The topological polar surface area (TPSA) is 53.1 Å². The highest BCUT2D eigenvalue weighted by Gasteiger charge is 2.28. The zero-order valence-electron chi connectivity index (χ0n) is 12.8. The maximum atomic E-state index is 9.49. The summed E-state index contributed by atoms with van der Waals surface area (Å²) in [5, 5.41) is 13.1. The van der Waals surface area contributed by atoms with Crippen LogP contribution in [-0.2, 0) is 0 Å². The van der Waals surface area contributed by atoms with Crippen molar-refractivity contribution in [3.63, 3.8) is 0 Å². The predicted molar refractivity (Wildman–Crippen MR) is 88.0 cm³/mol. The van der Waals surface area contributed by atoms with Crippen molar-refractivity contribution in [2.24, 2.45) is 5.92 Å². The van der Waals surface area contributed by atoms with Crippen LogP contribution in [0.4, 0.5) is 5.82 Å². The van der Waals surface area contributed by atoms with Crippen molar-refractivity contribution in [3.8, 4) is 6.07 Å². The molecule has 1 fully saturated rings. The normalized spacial score (nSPS) is 15.9. The van der Waals surface area contributed by atoms with Crippen LogP contribution in [0.15, 0.2) is 30.3 Å². The summed E-state index contributed by atoms with van der Waals surface area (Å²) in [6, 6.07) is 12.9. The number of aryl methyl sites for hydroxylation is 1. The molecule has 3 aromatic rings. The van der Waals surface area contributed by atoms with E-state index in [1.54, 1.807) is 0 Å². The van der Waals surface area contributed by atoms with Crippen molar-refractivity contribution in [1.29, 1.82) is 5.26 Å². The molecule has 0 spiro atoms. The molecule has 0 aliphatic heterocycles. The van der Waals surface area contributed by atoms with Crippen LogP contribution in [0.3, 0.4) is 0 Å². The van der Waals surface area contributed by atoms with Crippen LogP contribution in [0.25, 0.3) is 16.7 Å². The lowest BCUT2D eigenvalue weighted by Gasteiger charge is -2.17. The molecule has 0 amide bonds. The number of rotatable bonds is 3. The summed E-state index contributed by atoms with van der Waals surface area (Å²) < 4.78 is 2.08. The lowest BCUT2D eigenvalue weighted by atomic mass is 10.1. The van der Waals surface area contributed by atoms with Gasteiger partial charge in [-0.2, -0.15) is 5.26 Å². The van der Waals surface area contributed by atoms with Crippen molar-refractivity contribution in [2.75, 3.05) is 5.32 Å². The van der Waals surface area contributed by atoms with Gasteiger partial charge in [0, 0.05) is 6.04 Å². The van der Waals surface area contributed by atoms with E-state index in [9.17, 15) is 5.26 Å². The van der Waals surface area contributed by atoms with E-state index in [1.165, 1.54) is 12.8 Å². The first kappa shape index (κ1) is 13.1. The molecule has 0 saturated heterocycles. The third-order valence-corrected chi connectivity index (χ3v) is 4.59. The lowest BCUT2D eigenvalue weighted by molar-refractivity contribution is 0.689. The van der Waals surface area contributed by atoms with E-state index >= 15 is 0 Å². The summed E-state index contributed by atoms with van der Waals surface area (Å²) in [6.07, 6.45) is 2.61. The van der Waals surface area contributed by atoms with E-state index in [0.29, 0.717) is 11.6 Å². The highest BCUT2D eigenvalue weighted by atomic mass is 15.1. The molecular weight excluding hydrogens is 272 g/mol. The molecule has 110 valence electrons. The number of hydrogen-bond donors (Lipinski definition) is 1. The van der Waals surface area contributed by atoms with Crippen LogP contribution in [0, 0.1) is 24.2 Å². The summed E-state index contributed by atoms with van der Waals surface area (Å²) in [5.41, 5.74) is 4.33. The number of imidazole rings is 1. The molecule has 0 radical (unpaired) electrons. The van der Waals surface area contributed by atoms with Gasteiger partial charge in [0.25, 0.3) is 0 Å². The van der Waals surface area contributed by atoms with Crippen molar-refractivity contribution in [2.45, 2.75) is 32.7 Å². The minimum absolute atomic E-state index is 0.441. The Hall–Kier alpha value is -2.54. The molecule has 4 rings (SSSR count). The highest BCUT2D eigenvalue weighted by molar-refractivity contribution is 5.85. The molecule has 1 atom stereocenters. The fourth-order valence-corrected chi connectivity index (χ4v) is 3.15. The van der Waals surface area contributed by atoms with Crippen LogP contribution in [0.5, 0.6) is 0 Å². The largest absolute Gasteiger partial charge is 0.368 e. The number of aromatic nitrogens is 2. The average molecular weight is 290 g/mol. The van der Waals surface area contributed by atoms with Gasteiger partial charge in [-0.15, -0.1) is 0 Å². The zero-order chi connectivity index (χ0) is 15.3. The number of nitrogens with one attached hydrogen (secondary N) is 1. The summed E-state index contributed by atoms with van der Waals surface area (Å²) in [5.74, 6) is 1.79. The quantitative estimate of drug-likeness (QED) is 0.796. The van der Waals surface area contributed by atoms with Crippen LogP contribution in [0.1, 0.15) is 30.9 Å². The van der Waals surface area contributed by atoms with Crippen LogP contribution < -0.4 is 5.32 Å². The van der Waals surface area contributed by atoms with Gasteiger partial charge in [-0.1, -0.05) is 12.1 Å². The lowest BCUT2D eigenvalue weighted by Crippen LogP contribution is -2.19. The smallest absolute Gasteiger partial charge is 0.157 e. The second-order valence-corrected chi connectivity index (χ2v) is 6.23. The maximum Gasteiger partial charge on any atom is 0.157 e. The van der Waals surface area contributed by atoms with Crippen molar-refractivity contribution in [1.82, 2.24) is 9.38 Å².